The third-order valence-electron chi connectivity index (χ3n) is 12.2. The zero-order valence-electron chi connectivity index (χ0n) is 33.2. The molecular formula is C58H38N2S. The van der Waals surface area contributed by atoms with Crippen molar-refractivity contribution in [1.29, 1.82) is 0 Å². The summed E-state index contributed by atoms with van der Waals surface area (Å²) in [6, 6.07) is 84.3. The Hall–Kier alpha value is -7.72. The molecule has 286 valence electrons. The molecule has 0 amide bonds. The summed E-state index contributed by atoms with van der Waals surface area (Å²) in [5.41, 5.74) is 14.0. The molecule has 0 N–H and O–H groups in total. The van der Waals surface area contributed by atoms with Gasteiger partial charge in [0.1, 0.15) is 0 Å². The predicted molar refractivity (Wildman–Crippen MR) is 262 cm³/mol. The van der Waals surface area contributed by atoms with E-state index >= 15 is 0 Å². The summed E-state index contributed by atoms with van der Waals surface area (Å²) < 4.78 is 4.97. The number of anilines is 3. The standard InChI is InChI=1S/C58H38N2S/c1-2-14-41(15-3-1)49-33-29-45(44-26-25-39-13-4-5-16-42(39)35-44)37-56(49)59(48-32-34-53-52-21-8-11-24-57(52)61-58(53)38-48)46-30-27-40(28-31-46)43-17-12-18-47(36-43)60-54-22-9-6-19-50(54)51-20-7-10-23-55(51)60/h1-38H. The van der Waals surface area contributed by atoms with Crippen molar-refractivity contribution >= 4 is 81.1 Å². The topological polar surface area (TPSA) is 8.17 Å². The van der Waals surface area contributed by atoms with Crippen LogP contribution in [-0.2, 0) is 0 Å². The van der Waals surface area contributed by atoms with Crippen molar-refractivity contribution in [2.75, 3.05) is 4.90 Å². The van der Waals surface area contributed by atoms with Crippen molar-refractivity contribution in [2.24, 2.45) is 0 Å². The minimum atomic E-state index is 1.09. The third kappa shape index (κ3) is 6.09. The second-order valence-electron chi connectivity index (χ2n) is 15.7. The number of para-hydroxylation sites is 2. The summed E-state index contributed by atoms with van der Waals surface area (Å²) in [7, 11) is 0. The highest BCUT2D eigenvalue weighted by Crippen LogP contribution is 2.46. The van der Waals surface area contributed by atoms with Crippen molar-refractivity contribution in [3.05, 3.63) is 231 Å². The van der Waals surface area contributed by atoms with Gasteiger partial charge in [-0.3, -0.25) is 0 Å². The van der Waals surface area contributed by atoms with E-state index in [2.05, 4.69) is 240 Å². The van der Waals surface area contributed by atoms with Gasteiger partial charge >= 0.3 is 0 Å². The van der Waals surface area contributed by atoms with Gasteiger partial charge in [-0.1, -0.05) is 164 Å². The van der Waals surface area contributed by atoms with Crippen LogP contribution in [0.1, 0.15) is 0 Å². The lowest BCUT2D eigenvalue weighted by Crippen LogP contribution is -2.11. The summed E-state index contributed by atoms with van der Waals surface area (Å²) >= 11 is 1.86. The molecule has 10 aromatic carbocycles. The zero-order valence-corrected chi connectivity index (χ0v) is 34.1. The van der Waals surface area contributed by atoms with Gasteiger partial charge in [-0.15, -0.1) is 11.3 Å². The monoisotopic (exact) mass is 794 g/mol. The smallest absolute Gasteiger partial charge is 0.0546 e. The quantitative estimate of drug-likeness (QED) is 0.156. The number of hydrogen-bond acceptors (Lipinski definition) is 2. The minimum absolute atomic E-state index is 1.09. The van der Waals surface area contributed by atoms with Gasteiger partial charge in [0.05, 0.1) is 16.7 Å². The maximum absolute atomic E-state index is 2.45. The van der Waals surface area contributed by atoms with Crippen LogP contribution in [0.4, 0.5) is 17.1 Å². The predicted octanol–water partition coefficient (Wildman–Crippen LogP) is 16.8. The Balaban J connectivity index is 1.03. The van der Waals surface area contributed by atoms with E-state index in [9.17, 15) is 0 Å². The number of thiophene rings is 1. The molecule has 0 saturated carbocycles. The molecule has 0 bridgehead atoms. The van der Waals surface area contributed by atoms with E-state index in [-0.39, 0.29) is 0 Å². The summed E-state index contributed by atoms with van der Waals surface area (Å²) in [5, 5.41) is 7.60. The van der Waals surface area contributed by atoms with Gasteiger partial charge in [0.2, 0.25) is 0 Å². The highest BCUT2D eigenvalue weighted by atomic mass is 32.1. The molecule has 0 saturated heterocycles. The molecule has 0 atom stereocenters. The van der Waals surface area contributed by atoms with Crippen LogP contribution in [0, 0.1) is 0 Å². The molecule has 12 rings (SSSR count). The van der Waals surface area contributed by atoms with Gasteiger partial charge in [-0.25, -0.2) is 0 Å². The van der Waals surface area contributed by atoms with E-state index in [1.54, 1.807) is 0 Å². The molecule has 2 aromatic heterocycles. The van der Waals surface area contributed by atoms with Gasteiger partial charge in [0.15, 0.2) is 0 Å². The molecule has 0 aliphatic heterocycles. The Bertz CT molecular complexity index is 3540. The number of hydrogen-bond donors (Lipinski definition) is 0. The van der Waals surface area contributed by atoms with Crippen LogP contribution in [0.15, 0.2) is 231 Å². The van der Waals surface area contributed by atoms with Crippen LogP contribution in [0.2, 0.25) is 0 Å². The molecule has 12 aromatic rings. The molecular weight excluding hydrogens is 757 g/mol. The Kier molecular flexibility index (Phi) is 8.39. The van der Waals surface area contributed by atoms with Crippen LogP contribution in [0.5, 0.6) is 0 Å². The fraction of sp³-hybridized carbons (Fsp3) is 0. The number of fused-ring (bicyclic) bond motifs is 7. The van der Waals surface area contributed by atoms with E-state index in [0.717, 1.165) is 22.7 Å². The van der Waals surface area contributed by atoms with E-state index < -0.39 is 0 Å². The Morgan fingerprint density at radius 1 is 0.328 bits per heavy atom. The van der Waals surface area contributed by atoms with Crippen molar-refractivity contribution in [1.82, 2.24) is 4.57 Å². The highest BCUT2D eigenvalue weighted by molar-refractivity contribution is 7.25. The van der Waals surface area contributed by atoms with Gasteiger partial charge in [0.25, 0.3) is 0 Å². The average molecular weight is 795 g/mol. The van der Waals surface area contributed by atoms with E-state index in [4.69, 9.17) is 0 Å². The van der Waals surface area contributed by atoms with Crippen LogP contribution in [-0.4, -0.2) is 4.57 Å². The first kappa shape index (κ1) is 35.2. The molecule has 0 unspecified atom stereocenters. The maximum atomic E-state index is 2.45. The van der Waals surface area contributed by atoms with E-state index in [1.807, 2.05) is 11.3 Å². The summed E-state index contributed by atoms with van der Waals surface area (Å²) in [6.45, 7) is 0. The van der Waals surface area contributed by atoms with Gasteiger partial charge < -0.3 is 9.47 Å². The summed E-state index contributed by atoms with van der Waals surface area (Å²) in [5.74, 6) is 0. The average Bonchev–Trinajstić information content (AvgIpc) is 3.87. The fourth-order valence-corrected chi connectivity index (χ4v) is 10.4. The molecule has 61 heavy (non-hydrogen) atoms. The lowest BCUT2D eigenvalue weighted by Gasteiger charge is -2.29. The van der Waals surface area contributed by atoms with Crippen LogP contribution in [0.25, 0.3) is 91.8 Å². The fourth-order valence-electron chi connectivity index (χ4n) is 9.24. The molecule has 3 heteroatoms. The van der Waals surface area contributed by atoms with E-state index in [1.165, 1.54) is 86.1 Å². The first-order chi connectivity index (χ1) is 30.2. The second-order valence-corrected chi connectivity index (χ2v) is 16.8. The zero-order chi connectivity index (χ0) is 40.3. The molecule has 0 radical (unpaired) electrons. The number of aromatic nitrogens is 1. The normalized spacial score (nSPS) is 11.6. The molecule has 2 nitrogen and oxygen atoms in total. The summed E-state index contributed by atoms with van der Waals surface area (Å²) in [6.07, 6.45) is 0. The second kappa shape index (κ2) is 14.5. The van der Waals surface area contributed by atoms with Gasteiger partial charge in [-0.2, -0.15) is 0 Å². The van der Waals surface area contributed by atoms with Crippen molar-refractivity contribution in [3.8, 4) is 39.1 Å². The van der Waals surface area contributed by atoms with Crippen molar-refractivity contribution < 1.29 is 0 Å². The summed E-state index contributed by atoms with van der Waals surface area (Å²) in [4.78, 5) is 2.45. The van der Waals surface area contributed by atoms with Gasteiger partial charge in [0, 0.05) is 53.6 Å². The third-order valence-corrected chi connectivity index (χ3v) is 13.3. The lowest BCUT2D eigenvalue weighted by atomic mass is 9.95. The Morgan fingerprint density at radius 2 is 0.918 bits per heavy atom. The molecule has 2 heterocycles. The Labute approximate surface area is 358 Å². The molecule has 0 aliphatic carbocycles. The Morgan fingerprint density at radius 3 is 1.72 bits per heavy atom. The van der Waals surface area contributed by atoms with Crippen LogP contribution in [0.3, 0.4) is 0 Å². The van der Waals surface area contributed by atoms with Crippen molar-refractivity contribution in [3.63, 3.8) is 0 Å². The number of benzene rings is 10. The van der Waals surface area contributed by atoms with Gasteiger partial charge in [-0.05, 0) is 105 Å². The maximum Gasteiger partial charge on any atom is 0.0546 e. The number of nitrogens with zero attached hydrogens (tertiary/aromatic N) is 2. The molecule has 0 spiro atoms. The SMILES string of the molecule is c1ccc(-c2ccc(-c3ccc4ccccc4c3)cc2N(c2ccc(-c3cccc(-n4c5ccccc5c5ccccc54)c3)cc2)c2ccc3c(c2)sc2ccccc23)cc1. The van der Waals surface area contributed by atoms with E-state index in [0.29, 0.717) is 0 Å². The van der Waals surface area contributed by atoms with Crippen molar-refractivity contribution in [2.45, 2.75) is 0 Å². The largest absolute Gasteiger partial charge is 0.310 e. The molecule has 0 aliphatic rings. The van der Waals surface area contributed by atoms with Crippen LogP contribution < -0.4 is 4.90 Å². The van der Waals surface area contributed by atoms with Crippen LogP contribution >= 0.6 is 11.3 Å². The first-order valence-electron chi connectivity index (χ1n) is 20.8. The first-order valence-corrected chi connectivity index (χ1v) is 21.6. The lowest BCUT2D eigenvalue weighted by molar-refractivity contribution is 1.18. The molecule has 0 fully saturated rings. The highest BCUT2D eigenvalue weighted by Gasteiger charge is 2.21. The number of rotatable bonds is 7. The minimum Gasteiger partial charge on any atom is -0.310 e.